The first-order chi connectivity index (χ1) is 7.24. The normalized spacial score (nSPS) is 20.5. The fraction of sp³-hybridized carbons (Fsp3) is 0.455. The third-order valence-corrected chi connectivity index (χ3v) is 3.18. The minimum absolute atomic E-state index is 0.0724. The summed E-state index contributed by atoms with van der Waals surface area (Å²) in [6.07, 6.45) is 1.08. The monoisotopic (exact) mass is 227 g/mol. The van der Waals surface area contributed by atoms with Crippen molar-refractivity contribution < 1.29 is 9.84 Å². The molecule has 0 bridgehead atoms. The van der Waals surface area contributed by atoms with Crippen LogP contribution >= 0.6 is 11.6 Å². The van der Waals surface area contributed by atoms with Gasteiger partial charge in [-0.15, -0.1) is 0 Å². The van der Waals surface area contributed by atoms with Gasteiger partial charge < -0.3 is 15.2 Å². The molecule has 0 saturated carbocycles. The quantitative estimate of drug-likeness (QED) is 0.814. The molecular formula is C11H14ClNO2. The van der Waals surface area contributed by atoms with E-state index in [0.29, 0.717) is 16.7 Å². The van der Waals surface area contributed by atoms with Crippen LogP contribution in [0.3, 0.4) is 0 Å². The lowest BCUT2D eigenvalue weighted by Gasteiger charge is -2.15. The number of ether oxygens (including phenoxy) is 1. The number of rotatable bonds is 2. The highest BCUT2D eigenvalue weighted by atomic mass is 35.5. The Labute approximate surface area is 94.0 Å². The molecule has 1 fully saturated rings. The van der Waals surface area contributed by atoms with Gasteiger partial charge in [-0.2, -0.15) is 0 Å². The van der Waals surface area contributed by atoms with Crippen LogP contribution in [0.1, 0.15) is 17.9 Å². The molecule has 2 rings (SSSR count). The lowest BCUT2D eigenvalue weighted by atomic mass is 9.97. The highest BCUT2D eigenvalue weighted by Crippen LogP contribution is 2.40. The Kier molecular flexibility index (Phi) is 3.03. The zero-order valence-electron chi connectivity index (χ0n) is 8.59. The van der Waals surface area contributed by atoms with Crippen LogP contribution in [0.5, 0.6) is 11.5 Å². The van der Waals surface area contributed by atoms with E-state index in [1.165, 1.54) is 0 Å². The van der Waals surface area contributed by atoms with Gasteiger partial charge in [0.1, 0.15) is 16.5 Å². The largest absolute Gasteiger partial charge is 0.506 e. The first-order valence-electron chi connectivity index (χ1n) is 5.00. The first-order valence-corrected chi connectivity index (χ1v) is 5.38. The van der Waals surface area contributed by atoms with Gasteiger partial charge in [-0.05, 0) is 19.0 Å². The molecule has 1 atom stereocenters. The van der Waals surface area contributed by atoms with Crippen molar-refractivity contribution in [3.8, 4) is 11.5 Å². The number of hydrogen-bond donors (Lipinski definition) is 2. The number of methoxy groups -OCH3 is 1. The van der Waals surface area contributed by atoms with Gasteiger partial charge in [0.05, 0.1) is 7.11 Å². The molecule has 1 saturated heterocycles. The Hall–Kier alpha value is -0.930. The van der Waals surface area contributed by atoms with E-state index in [2.05, 4.69) is 5.32 Å². The molecule has 1 aromatic rings. The average molecular weight is 228 g/mol. The van der Waals surface area contributed by atoms with Crippen molar-refractivity contribution in [2.75, 3.05) is 20.2 Å². The van der Waals surface area contributed by atoms with E-state index >= 15 is 0 Å². The summed E-state index contributed by atoms with van der Waals surface area (Å²) in [6.45, 7) is 1.96. The third kappa shape index (κ3) is 1.90. The van der Waals surface area contributed by atoms with E-state index in [-0.39, 0.29) is 5.75 Å². The van der Waals surface area contributed by atoms with Crippen LogP contribution in [0.25, 0.3) is 0 Å². The van der Waals surface area contributed by atoms with Crippen molar-refractivity contribution >= 4 is 11.6 Å². The van der Waals surface area contributed by atoms with Gasteiger partial charge in [-0.3, -0.25) is 0 Å². The second kappa shape index (κ2) is 4.29. The highest BCUT2D eigenvalue weighted by Gasteiger charge is 2.22. The van der Waals surface area contributed by atoms with E-state index in [9.17, 15) is 5.11 Å². The van der Waals surface area contributed by atoms with Crippen molar-refractivity contribution in [1.29, 1.82) is 0 Å². The van der Waals surface area contributed by atoms with Crippen LogP contribution in [0.15, 0.2) is 12.1 Å². The van der Waals surface area contributed by atoms with Gasteiger partial charge in [-0.25, -0.2) is 0 Å². The summed E-state index contributed by atoms with van der Waals surface area (Å²) in [5, 5.41) is 13.1. The number of benzene rings is 1. The van der Waals surface area contributed by atoms with Crippen molar-refractivity contribution in [1.82, 2.24) is 5.32 Å². The van der Waals surface area contributed by atoms with Gasteiger partial charge in [-0.1, -0.05) is 17.7 Å². The number of hydrogen-bond acceptors (Lipinski definition) is 3. The van der Waals surface area contributed by atoms with Gasteiger partial charge in [0.2, 0.25) is 0 Å². The molecule has 1 unspecified atom stereocenters. The molecule has 1 aromatic carbocycles. The molecule has 3 nitrogen and oxygen atoms in total. The predicted molar refractivity (Wildman–Crippen MR) is 59.9 cm³/mol. The molecule has 1 aliphatic rings. The summed E-state index contributed by atoms with van der Waals surface area (Å²) in [4.78, 5) is 0. The molecule has 0 aliphatic carbocycles. The van der Waals surface area contributed by atoms with Crippen LogP contribution in [0, 0.1) is 0 Å². The number of halogens is 1. The summed E-state index contributed by atoms with van der Waals surface area (Å²) in [5.74, 6) is 1.10. The Morgan fingerprint density at radius 2 is 2.33 bits per heavy atom. The molecule has 2 N–H and O–H groups in total. The minimum Gasteiger partial charge on any atom is -0.506 e. The fourth-order valence-electron chi connectivity index (χ4n) is 2.01. The molecular weight excluding hydrogens is 214 g/mol. The number of phenolic OH excluding ortho intramolecular Hbond substituents is 1. The van der Waals surface area contributed by atoms with Crippen molar-refractivity contribution in [3.63, 3.8) is 0 Å². The Balaban J connectivity index is 2.41. The Morgan fingerprint density at radius 3 is 2.93 bits per heavy atom. The van der Waals surface area contributed by atoms with E-state index < -0.39 is 0 Å². The molecule has 82 valence electrons. The second-order valence-electron chi connectivity index (χ2n) is 3.71. The van der Waals surface area contributed by atoms with Crippen LogP contribution in [-0.4, -0.2) is 25.3 Å². The lowest BCUT2D eigenvalue weighted by Crippen LogP contribution is -2.08. The first kappa shape index (κ1) is 10.6. The number of nitrogens with one attached hydrogen (secondary N) is 1. The molecule has 0 aromatic heterocycles. The number of aromatic hydroxyl groups is 1. The van der Waals surface area contributed by atoms with E-state index in [4.69, 9.17) is 16.3 Å². The van der Waals surface area contributed by atoms with Crippen molar-refractivity contribution in [2.24, 2.45) is 0 Å². The van der Waals surface area contributed by atoms with Crippen LogP contribution < -0.4 is 10.1 Å². The summed E-state index contributed by atoms with van der Waals surface area (Å²) < 4.78 is 5.25. The maximum Gasteiger partial charge on any atom is 0.144 e. The fourth-order valence-corrected chi connectivity index (χ4v) is 2.26. The molecule has 15 heavy (non-hydrogen) atoms. The van der Waals surface area contributed by atoms with Crippen LogP contribution in [0.2, 0.25) is 5.02 Å². The van der Waals surface area contributed by atoms with Crippen molar-refractivity contribution in [2.45, 2.75) is 12.3 Å². The second-order valence-corrected chi connectivity index (χ2v) is 4.09. The molecule has 0 radical (unpaired) electrons. The SMILES string of the molecule is COc1c(C2CCNC2)ccc(O)c1Cl. The van der Waals surface area contributed by atoms with Gasteiger partial charge in [0.15, 0.2) is 0 Å². The Bertz CT molecular complexity index is 362. The van der Waals surface area contributed by atoms with E-state index in [0.717, 1.165) is 25.1 Å². The summed E-state index contributed by atoms with van der Waals surface area (Å²) >= 11 is 5.98. The molecule has 0 amide bonds. The predicted octanol–water partition coefficient (Wildman–Crippen LogP) is 2.13. The highest BCUT2D eigenvalue weighted by molar-refractivity contribution is 6.33. The summed E-state index contributed by atoms with van der Waals surface area (Å²) in [6, 6.07) is 3.51. The molecule has 0 spiro atoms. The van der Waals surface area contributed by atoms with Crippen molar-refractivity contribution in [3.05, 3.63) is 22.7 Å². The lowest BCUT2D eigenvalue weighted by molar-refractivity contribution is 0.400. The van der Waals surface area contributed by atoms with Gasteiger partial charge in [0, 0.05) is 18.0 Å². The molecule has 4 heteroatoms. The zero-order chi connectivity index (χ0) is 10.8. The Morgan fingerprint density at radius 1 is 1.53 bits per heavy atom. The summed E-state index contributed by atoms with van der Waals surface area (Å²) in [7, 11) is 1.58. The third-order valence-electron chi connectivity index (χ3n) is 2.81. The maximum atomic E-state index is 9.47. The summed E-state index contributed by atoms with van der Waals surface area (Å²) in [5.41, 5.74) is 1.07. The number of phenols is 1. The standard InChI is InChI=1S/C11H14ClNO2/c1-15-11-8(7-4-5-13-6-7)2-3-9(14)10(11)12/h2-3,7,13-14H,4-6H2,1H3. The maximum absolute atomic E-state index is 9.47. The smallest absolute Gasteiger partial charge is 0.144 e. The minimum atomic E-state index is 0.0724. The average Bonchev–Trinajstić information content (AvgIpc) is 2.75. The van der Waals surface area contributed by atoms with E-state index in [1.54, 1.807) is 13.2 Å². The van der Waals surface area contributed by atoms with E-state index in [1.807, 2.05) is 6.07 Å². The van der Waals surface area contributed by atoms with Crippen LogP contribution in [0.4, 0.5) is 0 Å². The van der Waals surface area contributed by atoms with Gasteiger partial charge in [0.25, 0.3) is 0 Å². The van der Waals surface area contributed by atoms with Crippen LogP contribution in [-0.2, 0) is 0 Å². The molecule has 1 aliphatic heterocycles. The van der Waals surface area contributed by atoms with Gasteiger partial charge >= 0.3 is 0 Å². The topological polar surface area (TPSA) is 41.5 Å². The zero-order valence-corrected chi connectivity index (χ0v) is 9.34. The molecule has 1 heterocycles.